The highest BCUT2D eigenvalue weighted by Crippen LogP contribution is 2.16. The maximum atomic E-state index is 4.55. The summed E-state index contributed by atoms with van der Waals surface area (Å²) in [4.78, 5) is 9.10. The molecule has 22 heavy (non-hydrogen) atoms. The van der Waals surface area contributed by atoms with E-state index in [0.717, 1.165) is 33.4 Å². The molecule has 2 aromatic carbocycles. The van der Waals surface area contributed by atoms with Gasteiger partial charge < -0.3 is 0 Å². The number of rotatable bonds is 3. The van der Waals surface area contributed by atoms with E-state index < -0.39 is 0 Å². The smallest absolute Gasteiger partial charge is 0.145 e. The number of benzene rings is 2. The SMILES string of the molecule is c1ccc2nc(NNc3ccc4ccccc4n3)ccc2c1. The summed E-state index contributed by atoms with van der Waals surface area (Å²) in [6.07, 6.45) is 0. The second-order valence-corrected chi connectivity index (χ2v) is 5.03. The topological polar surface area (TPSA) is 49.8 Å². The Bertz CT molecular complexity index is 870. The van der Waals surface area contributed by atoms with Crippen molar-refractivity contribution in [3.05, 3.63) is 72.8 Å². The Balaban J connectivity index is 1.57. The Labute approximate surface area is 127 Å². The van der Waals surface area contributed by atoms with E-state index in [-0.39, 0.29) is 0 Å². The van der Waals surface area contributed by atoms with E-state index in [1.807, 2.05) is 72.8 Å². The number of nitrogens with zero attached hydrogens (tertiary/aromatic N) is 2. The van der Waals surface area contributed by atoms with Crippen molar-refractivity contribution in [3.8, 4) is 0 Å². The first-order chi connectivity index (χ1) is 10.9. The van der Waals surface area contributed by atoms with Gasteiger partial charge in [0.05, 0.1) is 11.0 Å². The minimum Gasteiger partial charge on any atom is -0.283 e. The first-order valence-corrected chi connectivity index (χ1v) is 7.12. The van der Waals surface area contributed by atoms with Crippen LogP contribution in [0.4, 0.5) is 11.6 Å². The van der Waals surface area contributed by atoms with E-state index in [1.54, 1.807) is 0 Å². The summed E-state index contributed by atoms with van der Waals surface area (Å²) in [6.45, 7) is 0. The third-order valence-electron chi connectivity index (χ3n) is 3.52. The normalized spacial score (nSPS) is 10.7. The molecule has 0 unspecified atom stereocenters. The highest BCUT2D eigenvalue weighted by Gasteiger charge is 1.99. The van der Waals surface area contributed by atoms with Gasteiger partial charge in [0.25, 0.3) is 0 Å². The fourth-order valence-electron chi connectivity index (χ4n) is 2.40. The summed E-state index contributed by atoms with van der Waals surface area (Å²) in [7, 11) is 0. The minimum absolute atomic E-state index is 0.758. The van der Waals surface area contributed by atoms with Gasteiger partial charge in [-0.25, -0.2) is 9.97 Å². The average Bonchev–Trinajstić information content (AvgIpc) is 2.59. The number of aromatic nitrogens is 2. The zero-order valence-corrected chi connectivity index (χ0v) is 11.8. The fraction of sp³-hybridized carbons (Fsp3) is 0. The molecule has 2 aromatic heterocycles. The number of hydrogen-bond acceptors (Lipinski definition) is 4. The van der Waals surface area contributed by atoms with Crippen LogP contribution in [0.1, 0.15) is 0 Å². The van der Waals surface area contributed by atoms with Crippen LogP contribution in [-0.4, -0.2) is 9.97 Å². The van der Waals surface area contributed by atoms with Crippen LogP contribution in [0, 0.1) is 0 Å². The van der Waals surface area contributed by atoms with E-state index in [0.29, 0.717) is 0 Å². The summed E-state index contributed by atoms with van der Waals surface area (Å²) in [5, 5.41) is 2.24. The lowest BCUT2D eigenvalue weighted by molar-refractivity contribution is 1.26. The van der Waals surface area contributed by atoms with Crippen molar-refractivity contribution in [2.75, 3.05) is 10.9 Å². The lowest BCUT2D eigenvalue weighted by atomic mass is 10.2. The molecular formula is C18H14N4. The van der Waals surface area contributed by atoms with Crippen LogP contribution in [0.3, 0.4) is 0 Å². The molecule has 0 saturated carbocycles. The fourth-order valence-corrected chi connectivity index (χ4v) is 2.40. The molecule has 0 radical (unpaired) electrons. The van der Waals surface area contributed by atoms with Crippen LogP contribution in [0.25, 0.3) is 21.8 Å². The molecule has 2 N–H and O–H groups in total. The Hall–Kier alpha value is -3.14. The maximum absolute atomic E-state index is 4.55. The summed E-state index contributed by atoms with van der Waals surface area (Å²) in [6, 6.07) is 24.0. The second kappa shape index (κ2) is 5.33. The van der Waals surface area contributed by atoms with E-state index >= 15 is 0 Å². The molecule has 106 valence electrons. The van der Waals surface area contributed by atoms with Crippen molar-refractivity contribution in [2.45, 2.75) is 0 Å². The number of hydrogen-bond donors (Lipinski definition) is 2. The number of hydrazine groups is 1. The van der Waals surface area contributed by atoms with Gasteiger partial charge in [-0.2, -0.15) is 0 Å². The number of nitrogens with one attached hydrogen (secondary N) is 2. The van der Waals surface area contributed by atoms with Gasteiger partial charge in [-0.1, -0.05) is 36.4 Å². The van der Waals surface area contributed by atoms with Gasteiger partial charge in [-0.3, -0.25) is 10.9 Å². The predicted molar refractivity (Wildman–Crippen MR) is 90.7 cm³/mol. The second-order valence-electron chi connectivity index (χ2n) is 5.03. The summed E-state index contributed by atoms with van der Waals surface area (Å²) in [5.74, 6) is 1.52. The van der Waals surface area contributed by atoms with Crippen LogP contribution < -0.4 is 10.9 Å². The van der Waals surface area contributed by atoms with Gasteiger partial charge in [0, 0.05) is 10.8 Å². The van der Waals surface area contributed by atoms with Gasteiger partial charge in [0.15, 0.2) is 0 Å². The Morgan fingerprint density at radius 2 is 0.955 bits per heavy atom. The zero-order valence-electron chi connectivity index (χ0n) is 11.8. The van der Waals surface area contributed by atoms with Crippen molar-refractivity contribution < 1.29 is 0 Å². The van der Waals surface area contributed by atoms with Crippen molar-refractivity contribution in [1.29, 1.82) is 0 Å². The molecule has 0 saturated heterocycles. The Morgan fingerprint density at radius 3 is 1.45 bits per heavy atom. The van der Waals surface area contributed by atoms with E-state index in [4.69, 9.17) is 0 Å². The molecular weight excluding hydrogens is 272 g/mol. The highest BCUT2D eigenvalue weighted by molar-refractivity contribution is 5.81. The standard InChI is InChI=1S/C18H14N4/c1-3-7-15-13(5-1)9-11-17(19-15)21-22-18-12-10-14-6-2-4-8-16(14)20-18/h1-12H,(H,19,21)(H,20,22). The Morgan fingerprint density at radius 1 is 0.500 bits per heavy atom. The molecule has 4 aromatic rings. The number of para-hydroxylation sites is 2. The van der Waals surface area contributed by atoms with Crippen molar-refractivity contribution in [2.24, 2.45) is 0 Å². The highest BCUT2D eigenvalue weighted by atomic mass is 15.4. The van der Waals surface area contributed by atoms with E-state index in [9.17, 15) is 0 Å². The van der Waals surface area contributed by atoms with E-state index in [2.05, 4.69) is 20.8 Å². The van der Waals surface area contributed by atoms with Crippen LogP contribution in [-0.2, 0) is 0 Å². The average molecular weight is 286 g/mol. The van der Waals surface area contributed by atoms with Crippen molar-refractivity contribution >= 4 is 33.4 Å². The predicted octanol–water partition coefficient (Wildman–Crippen LogP) is 4.22. The molecule has 0 atom stereocenters. The monoisotopic (exact) mass is 286 g/mol. The quantitative estimate of drug-likeness (QED) is 0.554. The largest absolute Gasteiger partial charge is 0.283 e. The molecule has 0 aliphatic carbocycles. The minimum atomic E-state index is 0.758. The van der Waals surface area contributed by atoms with Gasteiger partial charge in [-0.05, 0) is 36.4 Å². The number of pyridine rings is 2. The molecule has 0 bridgehead atoms. The molecule has 0 spiro atoms. The van der Waals surface area contributed by atoms with Gasteiger partial charge in [0.2, 0.25) is 0 Å². The Kier molecular flexibility index (Phi) is 3.05. The van der Waals surface area contributed by atoms with Crippen LogP contribution in [0.2, 0.25) is 0 Å². The van der Waals surface area contributed by atoms with Crippen molar-refractivity contribution in [3.63, 3.8) is 0 Å². The maximum Gasteiger partial charge on any atom is 0.145 e. The van der Waals surface area contributed by atoms with Gasteiger partial charge >= 0.3 is 0 Å². The van der Waals surface area contributed by atoms with Crippen LogP contribution in [0.15, 0.2) is 72.8 Å². The third-order valence-corrected chi connectivity index (χ3v) is 3.52. The summed E-state index contributed by atoms with van der Waals surface area (Å²) in [5.41, 5.74) is 8.11. The number of anilines is 2. The number of fused-ring (bicyclic) bond motifs is 2. The lowest BCUT2D eigenvalue weighted by Gasteiger charge is -2.09. The summed E-state index contributed by atoms with van der Waals surface area (Å²) >= 11 is 0. The first kappa shape index (κ1) is 12.6. The molecule has 4 heteroatoms. The third kappa shape index (κ3) is 2.42. The molecule has 4 nitrogen and oxygen atoms in total. The molecule has 0 amide bonds. The molecule has 4 rings (SSSR count). The van der Waals surface area contributed by atoms with Gasteiger partial charge in [0.1, 0.15) is 11.6 Å². The van der Waals surface area contributed by atoms with Crippen molar-refractivity contribution in [1.82, 2.24) is 9.97 Å². The van der Waals surface area contributed by atoms with Crippen LogP contribution in [0.5, 0.6) is 0 Å². The lowest BCUT2D eigenvalue weighted by Crippen LogP contribution is -2.11. The molecule has 2 heterocycles. The van der Waals surface area contributed by atoms with Crippen LogP contribution >= 0.6 is 0 Å². The zero-order chi connectivity index (χ0) is 14.8. The molecule has 0 aliphatic rings. The van der Waals surface area contributed by atoms with Gasteiger partial charge in [-0.15, -0.1) is 0 Å². The first-order valence-electron chi connectivity index (χ1n) is 7.12. The van der Waals surface area contributed by atoms with E-state index in [1.165, 1.54) is 0 Å². The molecule has 0 fully saturated rings. The molecule has 0 aliphatic heterocycles. The summed E-state index contributed by atoms with van der Waals surface area (Å²) < 4.78 is 0.